The van der Waals surface area contributed by atoms with Crippen molar-refractivity contribution in [2.75, 3.05) is 12.5 Å². The van der Waals surface area contributed by atoms with Crippen LogP contribution in [0, 0.1) is 13.8 Å². The van der Waals surface area contributed by atoms with Crippen LogP contribution in [0.5, 0.6) is 5.75 Å². The zero-order valence-electron chi connectivity index (χ0n) is 13.2. The second kappa shape index (κ2) is 6.93. The number of nitrogens with one attached hydrogen (secondary N) is 1. The van der Waals surface area contributed by atoms with Crippen molar-refractivity contribution in [1.82, 2.24) is 9.97 Å². The Hall–Kier alpha value is -1.89. The van der Waals surface area contributed by atoms with Crippen LogP contribution in [-0.4, -0.2) is 23.3 Å². The molecule has 0 aliphatic carbocycles. The van der Waals surface area contributed by atoms with Crippen LogP contribution in [0.25, 0.3) is 10.2 Å². The summed E-state index contributed by atoms with van der Waals surface area (Å²) in [5, 5.41) is 6.17. The van der Waals surface area contributed by atoms with Crippen molar-refractivity contribution in [2.45, 2.75) is 13.8 Å². The molecule has 0 aliphatic heterocycles. The van der Waals surface area contributed by atoms with Gasteiger partial charge in [-0.15, -0.1) is 11.3 Å². The van der Waals surface area contributed by atoms with Crippen molar-refractivity contribution >= 4 is 56.8 Å². The lowest BCUT2D eigenvalue weighted by Gasteiger charge is -2.07. The van der Waals surface area contributed by atoms with E-state index in [1.54, 1.807) is 36.8 Å². The first kappa shape index (κ1) is 17.0. The Labute approximate surface area is 153 Å². The number of thiophene rings is 1. The molecule has 1 aromatic carbocycles. The normalized spacial score (nSPS) is 11.4. The van der Waals surface area contributed by atoms with Gasteiger partial charge >= 0.3 is 0 Å². The Morgan fingerprint density at radius 1 is 1.25 bits per heavy atom. The second-order valence-corrected chi connectivity index (χ2v) is 7.11. The summed E-state index contributed by atoms with van der Waals surface area (Å²) in [5.41, 5.74) is 4.79. The Morgan fingerprint density at radius 3 is 2.79 bits per heavy atom. The fraction of sp³-hybridized carbons (Fsp3) is 0.188. The maximum absolute atomic E-state index is 6.12. The molecule has 2 heterocycles. The van der Waals surface area contributed by atoms with Crippen LogP contribution in [0.2, 0.25) is 10.0 Å². The smallest absolute Gasteiger partial charge is 0.158 e. The minimum Gasteiger partial charge on any atom is -0.495 e. The molecule has 0 fully saturated rings. The van der Waals surface area contributed by atoms with E-state index < -0.39 is 0 Å². The standard InChI is InChI=1S/C16H14Cl2N4OS/c1-8-9(2)24-16-13(8)15(19-7-20-16)22-21-6-10-4-11(17)5-12(18)14(10)23-3/h4-7H,1-3H3,(H,19,20,22)/b21-6-. The highest BCUT2D eigenvalue weighted by Crippen LogP contribution is 2.33. The van der Waals surface area contributed by atoms with E-state index in [0.717, 1.165) is 15.8 Å². The number of aryl methyl sites for hydroxylation is 2. The molecule has 0 saturated heterocycles. The van der Waals surface area contributed by atoms with Crippen molar-refractivity contribution in [3.05, 3.63) is 44.5 Å². The Bertz CT molecular complexity index is 939. The maximum Gasteiger partial charge on any atom is 0.158 e. The average Bonchev–Trinajstić information content (AvgIpc) is 2.82. The van der Waals surface area contributed by atoms with Crippen molar-refractivity contribution < 1.29 is 4.74 Å². The molecule has 0 spiro atoms. The van der Waals surface area contributed by atoms with Gasteiger partial charge < -0.3 is 4.74 Å². The summed E-state index contributed by atoms with van der Waals surface area (Å²) in [4.78, 5) is 10.7. The number of halogens is 2. The van der Waals surface area contributed by atoms with Gasteiger partial charge in [0.05, 0.1) is 23.7 Å². The quantitative estimate of drug-likeness (QED) is 0.506. The SMILES string of the molecule is COc1c(Cl)cc(Cl)cc1/C=N\Nc1ncnc2sc(C)c(C)c12. The lowest BCUT2D eigenvalue weighted by molar-refractivity contribution is 0.414. The number of ether oxygens (including phenoxy) is 1. The molecule has 0 bridgehead atoms. The summed E-state index contributed by atoms with van der Waals surface area (Å²) in [5.74, 6) is 1.17. The molecule has 124 valence electrons. The first-order valence-corrected chi connectivity index (χ1v) is 8.61. The zero-order valence-corrected chi connectivity index (χ0v) is 15.6. The van der Waals surface area contributed by atoms with Crippen LogP contribution in [0.1, 0.15) is 16.0 Å². The molecule has 0 radical (unpaired) electrons. The topological polar surface area (TPSA) is 59.4 Å². The largest absolute Gasteiger partial charge is 0.495 e. The van der Waals surface area contributed by atoms with Gasteiger partial charge in [-0.2, -0.15) is 5.10 Å². The molecule has 0 aliphatic rings. The molecule has 3 aromatic rings. The number of rotatable bonds is 4. The Morgan fingerprint density at radius 2 is 2.04 bits per heavy atom. The van der Waals surface area contributed by atoms with Crippen LogP contribution in [0.3, 0.4) is 0 Å². The number of methoxy groups -OCH3 is 1. The van der Waals surface area contributed by atoms with Gasteiger partial charge in [0.2, 0.25) is 0 Å². The van der Waals surface area contributed by atoms with E-state index in [-0.39, 0.29) is 0 Å². The van der Waals surface area contributed by atoms with E-state index in [2.05, 4.69) is 27.4 Å². The highest BCUT2D eigenvalue weighted by molar-refractivity contribution is 7.18. The van der Waals surface area contributed by atoms with E-state index in [1.807, 2.05) is 6.92 Å². The minimum atomic E-state index is 0.431. The number of nitrogens with zero attached hydrogens (tertiary/aromatic N) is 3. The van der Waals surface area contributed by atoms with Crippen LogP contribution < -0.4 is 10.2 Å². The molecule has 3 rings (SSSR count). The van der Waals surface area contributed by atoms with Crippen molar-refractivity contribution in [3.63, 3.8) is 0 Å². The number of aromatic nitrogens is 2. The third kappa shape index (κ3) is 3.17. The molecule has 8 heteroatoms. The molecule has 2 aromatic heterocycles. The number of benzene rings is 1. The third-order valence-corrected chi connectivity index (χ3v) is 5.19. The van der Waals surface area contributed by atoms with Gasteiger partial charge in [-0.05, 0) is 31.5 Å². The lowest BCUT2D eigenvalue weighted by Crippen LogP contribution is -1.97. The summed E-state index contributed by atoms with van der Waals surface area (Å²) in [7, 11) is 1.55. The molecular formula is C16H14Cl2N4OS. The van der Waals surface area contributed by atoms with Crippen LogP contribution >= 0.6 is 34.5 Å². The maximum atomic E-state index is 6.12. The summed E-state index contributed by atoms with van der Waals surface area (Å²) >= 11 is 13.8. The van der Waals surface area contributed by atoms with E-state index in [4.69, 9.17) is 27.9 Å². The molecule has 24 heavy (non-hydrogen) atoms. The molecule has 0 atom stereocenters. The molecular weight excluding hydrogens is 367 g/mol. The fourth-order valence-electron chi connectivity index (χ4n) is 2.32. The molecule has 1 N–H and O–H groups in total. The number of anilines is 1. The fourth-order valence-corrected chi connectivity index (χ4v) is 3.90. The van der Waals surface area contributed by atoms with Gasteiger partial charge in [-0.25, -0.2) is 9.97 Å². The summed E-state index contributed by atoms with van der Waals surface area (Å²) in [6.07, 6.45) is 3.12. The Kier molecular flexibility index (Phi) is 4.89. The van der Waals surface area contributed by atoms with Crippen molar-refractivity contribution in [1.29, 1.82) is 0 Å². The summed E-state index contributed by atoms with van der Waals surface area (Å²) in [6, 6.07) is 3.35. The number of hydrazone groups is 1. The monoisotopic (exact) mass is 380 g/mol. The van der Waals surface area contributed by atoms with Crippen LogP contribution in [0.4, 0.5) is 5.82 Å². The highest BCUT2D eigenvalue weighted by atomic mass is 35.5. The van der Waals surface area contributed by atoms with E-state index in [1.165, 1.54) is 11.2 Å². The van der Waals surface area contributed by atoms with Crippen LogP contribution in [-0.2, 0) is 0 Å². The summed E-state index contributed by atoms with van der Waals surface area (Å²) < 4.78 is 5.29. The molecule has 0 unspecified atom stereocenters. The highest BCUT2D eigenvalue weighted by Gasteiger charge is 2.12. The van der Waals surface area contributed by atoms with Gasteiger partial charge in [0.1, 0.15) is 16.9 Å². The van der Waals surface area contributed by atoms with Gasteiger partial charge in [0.25, 0.3) is 0 Å². The zero-order chi connectivity index (χ0) is 17.3. The first-order chi connectivity index (χ1) is 11.5. The third-order valence-electron chi connectivity index (χ3n) is 3.58. The molecule has 0 amide bonds. The first-order valence-electron chi connectivity index (χ1n) is 7.04. The van der Waals surface area contributed by atoms with Gasteiger partial charge in [0, 0.05) is 15.5 Å². The Balaban J connectivity index is 1.93. The second-order valence-electron chi connectivity index (χ2n) is 5.07. The average molecular weight is 381 g/mol. The van der Waals surface area contributed by atoms with Crippen molar-refractivity contribution in [2.24, 2.45) is 5.10 Å². The number of hydrogen-bond acceptors (Lipinski definition) is 6. The predicted octanol–water partition coefficient (Wildman–Crippen LogP) is 5.07. The lowest BCUT2D eigenvalue weighted by atomic mass is 10.2. The van der Waals surface area contributed by atoms with Gasteiger partial charge in [-0.1, -0.05) is 23.2 Å². The number of fused-ring (bicyclic) bond motifs is 1. The van der Waals surface area contributed by atoms with Gasteiger partial charge in [0.15, 0.2) is 5.82 Å². The van der Waals surface area contributed by atoms with E-state index in [9.17, 15) is 0 Å². The van der Waals surface area contributed by atoms with Crippen molar-refractivity contribution in [3.8, 4) is 5.75 Å². The predicted molar refractivity (Wildman–Crippen MR) is 101 cm³/mol. The van der Waals surface area contributed by atoms with Crippen LogP contribution in [0.15, 0.2) is 23.6 Å². The molecule has 0 saturated carbocycles. The minimum absolute atomic E-state index is 0.431. The van der Waals surface area contributed by atoms with Gasteiger partial charge in [-0.3, -0.25) is 5.43 Å². The molecule has 5 nitrogen and oxygen atoms in total. The number of hydrogen-bond donors (Lipinski definition) is 1. The van der Waals surface area contributed by atoms with E-state index in [0.29, 0.717) is 27.2 Å². The summed E-state index contributed by atoms with van der Waals surface area (Å²) in [6.45, 7) is 4.11. The van der Waals surface area contributed by atoms with E-state index >= 15 is 0 Å².